The van der Waals surface area contributed by atoms with Gasteiger partial charge in [0.15, 0.2) is 0 Å². The van der Waals surface area contributed by atoms with Crippen LogP contribution in [0.1, 0.15) is 19.4 Å². The van der Waals surface area contributed by atoms with E-state index in [1.165, 1.54) is 28.5 Å². The molecule has 4 heteroatoms. The van der Waals surface area contributed by atoms with Gasteiger partial charge in [0.05, 0.1) is 13.2 Å². The topological polar surface area (TPSA) is 41.6 Å². The van der Waals surface area contributed by atoms with Crippen LogP contribution in [0.25, 0.3) is 10.8 Å². The van der Waals surface area contributed by atoms with Crippen molar-refractivity contribution in [3.63, 3.8) is 0 Å². The molecule has 110 valence electrons. The molecule has 1 heterocycles. The number of benzene rings is 2. The second-order valence-electron chi connectivity index (χ2n) is 5.91. The number of carbonyl (C=O) groups excluding carboxylic acids is 1. The fourth-order valence-electron chi connectivity index (χ4n) is 3.11. The fourth-order valence-corrected chi connectivity index (χ4v) is 3.11. The van der Waals surface area contributed by atoms with Gasteiger partial charge < -0.3 is 0 Å². The molecule has 1 atom stereocenters. The molecule has 3 rings (SSSR count). The average molecular weight is 284 g/mol. The number of hydrogen-bond acceptors (Lipinski definition) is 3. The van der Waals surface area contributed by atoms with Crippen molar-refractivity contribution in [2.45, 2.75) is 32.0 Å². The lowest BCUT2D eigenvalue weighted by Crippen LogP contribution is -2.46. The van der Waals surface area contributed by atoms with E-state index in [9.17, 15) is 4.79 Å². The van der Waals surface area contributed by atoms with Crippen LogP contribution in [-0.4, -0.2) is 29.8 Å². The van der Waals surface area contributed by atoms with Crippen LogP contribution in [0.4, 0.5) is 0 Å². The Morgan fingerprint density at radius 1 is 1.19 bits per heavy atom. The third kappa shape index (κ3) is 2.41. The lowest BCUT2D eigenvalue weighted by atomic mass is 9.99. The van der Waals surface area contributed by atoms with Crippen molar-refractivity contribution in [2.75, 3.05) is 7.11 Å². The number of hydroxylamine groups is 2. The van der Waals surface area contributed by atoms with Gasteiger partial charge in [0.2, 0.25) is 0 Å². The van der Waals surface area contributed by atoms with Crippen molar-refractivity contribution in [3.8, 4) is 0 Å². The predicted octanol–water partition coefficient (Wildman–Crippen LogP) is 2.48. The van der Waals surface area contributed by atoms with Crippen LogP contribution in [0, 0.1) is 0 Å². The summed E-state index contributed by atoms with van der Waals surface area (Å²) in [6.07, 6.45) is 0.656. The van der Waals surface area contributed by atoms with Crippen LogP contribution in [0.15, 0.2) is 42.5 Å². The Kier molecular flexibility index (Phi) is 3.43. The van der Waals surface area contributed by atoms with Crippen LogP contribution in [0.3, 0.4) is 0 Å². The highest BCUT2D eigenvalue weighted by atomic mass is 16.7. The van der Waals surface area contributed by atoms with Gasteiger partial charge in [-0.3, -0.25) is 14.9 Å². The Hall–Kier alpha value is -1.91. The summed E-state index contributed by atoms with van der Waals surface area (Å²) in [5.41, 5.74) is 0.689. The summed E-state index contributed by atoms with van der Waals surface area (Å²) in [4.78, 5) is 17.6. The summed E-state index contributed by atoms with van der Waals surface area (Å²) < 4.78 is 0. The van der Waals surface area contributed by atoms with Gasteiger partial charge in [-0.1, -0.05) is 42.5 Å². The summed E-state index contributed by atoms with van der Waals surface area (Å²) in [6, 6.07) is 14.2. The highest BCUT2D eigenvalue weighted by Gasteiger charge is 2.45. The van der Waals surface area contributed by atoms with Gasteiger partial charge in [-0.2, -0.15) is 0 Å². The molecule has 1 saturated heterocycles. The first-order valence-corrected chi connectivity index (χ1v) is 7.15. The number of hydrogen-bond donors (Lipinski definition) is 1. The van der Waals surface area contributed by atoms with E-state index in [1.54, 1.807) is 0 Å². The zero-order chi connectivity index (χ0) is 15.0. The van der Waals surface area contributed by atoms with E-state index >= 15 is 0 Å². The van der Waals surface area contributed by atoms with Crippen LogP contribution < -0.4 is 5.32 Å². The molecule has 0 spiro atoms. The second kappa shape index (κ2) is 5.13. The van der Waals surface area contributed by atoms with Gasteiger partial charge in [-0.05, 0) is 36.6 Å². The Labute approximate surface area is 124 Å². The molecule has 0 aliphatic carbocycles. The Bertz CT molecular complexity index is 676. The average Bonchev–Trinajstić information content (AvgIpc) is 2.68. The minimum absolute atomic E-state index is 0.0181. The third-order valence-corrected chi connectivity index (χ3v) is 4.02. The largest absolute Gasteiger partial charge is 0.281 e. The van der Waals surface area contributed by atoms with Gasteiger partial charge in [-0.15, -0.1) is 0 Å². The maximum absolute atomic E-state index is 12.4. The maximum atomic E-state index is 12.4. The zero-order valence-electron chi connectivity index (χ0n) is 12.6. The molecule has 0 saturated carbocycles. The van der Waals surface area contributed by atoms with Crippen molar-refractivity contribution >= 4 is 16.7 Å². The molecule has 0 radical (unpaired) electrons. The van der Waals surface area contributed by atoms with Crippen molar-refractivity contribution in [1.29, 1.82) is 0 Å². The summed E-state index contributed by atoms with van der Waals surface area (Å²) in [6.45, 7) is 3.88. The maximum Gasteiger partial charge on any atom is 0.265 e. The molecule has 0 bridgehead atoms. The summed E-state index contributed by atoms with van der Waals surface area (Å²) in [7, 11) is 1.53. The number of amides is 1. The van der Waals surface area contributed by atoms with Crippen molar-refractivity contribution < 1.29 is 9.63 Å². The van der Waals surface area contributed by atoms with Gasteiger partial charge in [-0.25, -0.2) is 5.06 Å². The first-order chi connectivity index (χ1) is 10.0. The SMILES string of the molecule is CON1C(=O)[C@H](Cc2cccc3ccccc23)NC1(C)C. The summed E-state index contributed by atoms with van der Waals surface area (Å²) in [5.74, 6) is -0.0181. The van der Waals surface area contributed by atoms with Gasteiger partial charge in [0, 0.05) is 0 Å². The lowest BCUT2D eigenvalue weighted by molar-refractivity contribution is -0.192. The minimum Gasteiger partial charge on any atom is -0.281 e. The number of fused-ring (bicyclic) bond motifs is 1. The second-order valence-corrected chi connectivity index (χ2v) is 5.91. The van der Waals surface area contributed by atoms with E-state index in [4.69, 9.17) is 4.84 Å². The van der Waals surface area contributed by atoms with E-state index in [1.807, 2.05) is 32.0 Å². The van der Waals surface area contributed by atoms with Crippen LogP contribution in [0.2, 0.25) is 0 Å². The minimum atomic E-state index is -0.485. The van der Waals surface area contributed by atoms with E-state index in [0.29, 0.717) is 6.42 Å². The molecule has 1 amide bonds. The molecule has 1 aliphatic rings. The normalized spacial score (nSPS) is 21.2. The van der Waals surface area contributed by atoms with E-state index in [2.05, 4.69) is 29.6 Å². The highest BCUT2D eigenvalue weighted by Crippen LogP contribution is 2.25. The molecule has 1 aliphatic heterocycles. The van der Waals surface area contributed by atoms with Gasteiger partial charge in [0.1, 0.15) is 5.66 Å². The van der Waals surface area contributed by atoms with E-state index in [0.717, 1.165) is 0 Å². The fraction of sp³-hybridized carbons (Fsp3) is 0.353. The molecule has 2 aromatic carbocycles. The molecule has 4 nitrogen and oxygen atoms in total. The molecule has 1 N–H and O–H groups in total. The highest BCUT2D eigenvalue weighted by molar-refractivity contribution is 5.88. The van der Waals surface area contributed by atoms with Gasteiger partial charge in [0.25, 0.3) is 5.91 Å². The molecule has 2 aromatic rings. The van der Waals surface area contributed by atoms with E-state index in [-0.39, 0.29) is 11.9 Å². The number of nitrogens with one attached hydrogen (secondary N) is 1. The zero-order valence-corrected chi connectivity index (χ0v) is 12.6. The molecule has 21 heavy (non-hydrogen) atoms. The van der Waals surface area contributed by atoms with Gasteiger partial charge >= 0.3 is 0 Å². The molecule has 0 unspecified atom stereocenters. The first kappa shape index (κ1) is 14.0. The predicted molar refractivity (Wildman–Crippen MR) is 82.5 cm³/mol. The van der Waals surface area contributed by atoms with Crippen LogP contribution in [-0.2, 0) is 16.1 Å². The Morgan fingerprint density at radius 3 is 2.62 bits per heavy atom. The quantitative estimate of drug-likeness (QED) is 0.941. The summed E-state index contributed by atoms with van der Waals surface area (Å²) in [5, 5.41) is 7.16. The monoisotopic (exact) mass is 284 g/mol. The number of carbonyl (C=O) groups is 1. The standard InChI is InChI=1S/C17H20N2O2/c1-17(2)18-15(16(20)19(17)21-3)11-13-9-6-8-12-7-4-5-10-14(12)13/h4-10,15,18H,11H2,1-3H3/t15-/m0/s1. The molecule has 1 fully saturated rings. The van der Waals surface area contributed by atoms with Crippen molar-refractivity contribution in [1.82, 2.24) is 10.4 Å². The smallest absolute Gasteiger partial charge is 0.265 e. The molecule has 0 aromatic heterocycles. The van der Waals surface area contributed by atoms with E-state index < -0.39 is 5.66 Å². The van der Waals surface area contributed by atoms with Crippen LogP contribution >= 0.6 is 0 Å². The lowest BCUT2D eigenvalue weighted by Gasteiger charge is -2.28. The Balaban J connectivity index is 1.91. The Morgan fingerprint density at radius 2 is 1.90 bits per heavy atom. The number of rotatable bonds is 3. The molecular formula is C17H20N2O2. The number of nitrogens with zero attached hydrogens (tertiary/aromatic N) is 1. The molecular weight excluding hydrogens is 264 g/mol. The summed E-state index contributed by atoms with van der Waals surface area (Å²) >= 11 is 0. The first-order valence-electron chi connectivity index (χ1n) is 7.15. The van der Waals surface area contributed by atoms with Crippen molar-refractivity contribution in [3.05, 3.63) is 48.0 Å². The third-order valence-electron chi connectivity index (χ3n) is 4.02. The van der Waals surface area contributed by atoms with Crippen molar-refractivity contribution in [2.24, 2.45) is 0 Å². The van der Waals surface area contributed by atoms with Crippen LogP contribution in [0.5, 0.6) is 0 Å².